The Morgan fingerprint density at radius 1 is 0.292 bits per heavy atom. The first kappa shape index (κ1) is 92.1. The number of rotatable bonds is 43. The normalized spacial score (nSPS) is 13.0. The second-order valence-corrected chi connectivity index (χ2v) is 42.3. The van der Waals surface area contributed by atoms with Crippen LogP contribution in [0.4, 0.5) is 0 Å². The molecule has 9 aromatic rings. The van der Waals surface area contributed by atoms with Gasteiger partial charge in [-0.05, 0) is 191 Å². The maximum Gasteiger partial charge on any atom is 0.191 e. The summed E-state index contributed by atoms with van der Waals surface area (Å²) in [5, 5.41) is 10.4. The fourth-order valence-corrected chi connectivity index (χ4v) is 15.8. The van der Waals surface area contributed by atoms with Crippen LogP contribution in [0.3, 0.4) is 0 Å². The molecule has 0 aliphatic carbocycles. The first-order chi connectivity index (χ1) is 54.3. The first-order valence-corrected chi connectivity index (χ1v) is 46.7. The molecular formula is C98H135NO12Si2. The molecule has 0 amide bonds. The van der Waals surface area contributed by atoms with Crippen molar-refractivity contribution in [3.8, 4) is 34.5 Å². The van der Waals surface area contributed by atoms with Crippen LogP contribution in [0.25, 0.3) is 0 Å². The van der Waals surface area contributed by atoms with Gasteiger partial charge in [0.1, 0.15) is 51.3 Å². The Hall–Kier alpha value is -8.07. The minimum Gasteiger partial charge on any atom is -0.497 e. The molecule has 15 heteroatoms. The second-order valence-electron chi connectivity index (χ2n) is 32.6. The topological polar surface area (TPSA) is 148 Å². The van der Waals surface area contributed by atoms with E-state index in [1.807, 2.05) is 97.1 Å². The number of hydrogen-bond donors (Lipinski definition) is 2. The van der Waals surface area contributed by atoms with Crippen LogP contribution in [0.5, 0.6) is 34.5 Å². The molecule has 0 radical (unpaired) electrons. The summed E-state index contributed by atoms with van der Waals surface area (Å²) in [7, 11) is 6.31. The summed E-state index contributed by atoms with van der Waals surface area (Å²) in [5.41, 5.74) is 12.8. The summed E-state index contributed by atoms with van der Waals surface area (Å²) < 4.78 is 67.6. The zero-order chi connectivity index (χ0) is 82.0. The number of nitrogens with two attached hydrogens (primary N) is 1. The fraction of sp³-hybridized carbons (Fsp3) is 0.449. The van der Waals surface area contributed by atoms with Crippen LogP contribution in [0.15, 0.2) is 237 Å². The molecule has 0 saturated carbocycles. The van der Waals surface area contributed by atoms with Crippen molar-refractivity contribution in [2.24, 2.45) is 23.5 Å². The van der Waals surface area contributed by atoms with Gasteiger partial charge < -0.3 is 62.3 Å². The number of methoxy groups -OCH3 is 6. The molecule has 0 fully saturated rings. The van der Waals surface area contributed by atoms with Crippen LogP contribution in [-0.4, -0.2) is 111 Å². The average molecular weight is 1580 g/mol. The Kier molecular flexibility index (Phi) is 36.9. The number of aliphatic hydroxyl groups excluding tert-OH is 1. The molecule has 113 heavy (non-hydrogen) atoms. The molecule has 0 heterocycles. The number of unbranched alkanes of at least 4 members (excludes halogenated alkanes) is 5. The second kappa shape index (κ2) is 45.3. The molecule has 9 rings (SSSR count). The van der Waals surface area contributed by atoms with Crippen LogP contribution >= 0.6 is 0 Å². The smallest absolute Gasteiger partial charge is 0.191 e. The van der Waals surface area contributed by atoms with E-state index in [1.165, 1.54) is 19.3 Å². The van der Waals surface area contributed by atoms with Gasteiger partial charge in [-0.2, -0.15) is 0 Å². The lowest BCUT2D eigenvalue weighted by Gasteiger charge is -2.39. The van der Waals surface area contributed by atoms with E-state index >= 15 is 0 Å². The van der Waals surface area contributed by atoms with E-state index in [9.17, 15) is 5.11 Å². The number of benzene rings is 9. The average Bonchev–Trinajstić information content (AvgIpc) is 0.764. The maximum absolute atomic E-state index is 10.1. The maximum atomic E-state index is 10.1. The summed E-state index contributed by atoms with van der Waals surface area (Å²) in [5.74, 6) is 5.45. The van der Waals surface area contributed by atoms with Gasteiger partial charge in [0, 0.05) is 37.6 Å². The van der Waals surface area contributed by atoms with Gasteiger partial charge in [0.05, 0.1) is 62.5 Å². The highest BCUT2D eigenvalue weighted by Gasteiger charge is 2.44. The summed E-state index contributed by atoms with van der Waals surface area (Å²) in [4.78, 5) is 0. The Morgan fingerprint density at radius 3 is 0.708 bits per heavy atom. The summed E-state index contributed by atoms with van der Waals surface area (Å²) in [6.45, 7) is 31.3. The highest BCUT2D eigenvalue weighted by Crippen LogP contribution is 2.47. The lowest BCUT2D eigenvalue weighted by molar-refractivity contribution is -0.0206. The molecule has 9 aromatic carbocycles. The van der Waals surface area contributed by atoms with Gasteiger partial charge in [-0.15, -0.1) is 0 Å². The van der Waals surface area contributed by atoms with Gasteiger partial charge in [-0.25, -0.2) is 0 Å². The van der Waals surface area contributed by atoms with Gasteiger partial charge in [0.15, 0.2) is 16.6 Å². The van der Waals surface area contributed by atoms with Crippen LogP contribution < -0.4 is 34.2 Å². The standard InChI is InChI=1S/C35H50O4Si.C34H49NO4Si.C29H36O4/c1-9-10-12-15-28(27-39-40(7,8)34(2,3)4)26-38-35(29-16-13-11-14-17-29,30-18-22-32(36-5)23-19-30)31-20-24-33(37-6)25-21-31;1-33(2,3)40(6,7)39-26-27(13-11-12-24-35)25-38-34(28-14-9-8-10-15-28,29-16-20-31(36-4)21-17-29)30-18-22-32(37-5)23-19-30;1-4-5-7-10-23(21-30)22-33-29(24-11-8-6-9-12-24,25-13-17-27(31-2)18-14-25)26-15-19-28(32-3)20-16-26/h11,13-14,16-25,28H,9-10,12,15,26-27H2,1-8H3;8-10,14-23,27H,11-13,24-26,35H2,1-7H3;6,8-9,11-20,23,30H,4-5,7,10,21-22H2,1-3H3. The van der Waals surface area contributed by atoms with Crippen LogP contribution in [-0.2, 0) is 39.9 Å². The predicted octanol–water partition coefficient (Wildman–Crippen LogP) is 23.2. The molecule has 0 aliphatic heterocycles. The molecule has 612 valence electrons. The van der Waals surface area contributed by atoms with Gasteiger partial charge >= 0.3 is 0 Å². The first-order valence-electron chi connectivity index (χ1n) is 40.9. The Balaban J connectivity index is 0.000000236. The largest absolute Gasteiger partial charge is 0.497 e. The zero-order valence-electron chi connectivity index (χ0n) is 71.5. The van der Waals surface area contributed by atoms with Gasteiger partial charge in [0.2, 0.25) is 0 Å². The van der Waals surface area contributed by atoms with Crippen molar-refractivity contribution in [1.82, 2.24) is 0 Å². The Bertz CT molecular complexity index is 3730. The molecule has 0 saturated heterocycles. The Labute approximate surface area is 681 Å². The van der Waals surface area contributed by atoms with Gasteiger partial charge in [-0.3, -0.25) is 0 Å². The minimum atomic E-state index is -1.91. The van der Waals surface area contributed by atoms with Crippen LogP contribution in [0.1, 0.15) is 176 Å². The molecule has 3 unspecified atom stereocenters. The number of aliphatic hydroxyl groups is 1. The van der Waals surface area contributed by atoms with E-state index in [0.717, 1.165) is 143 Å². The van der Waals surface area contributed by atoms with Crippen molar-refractivity contribution in [1.29, 1.82) is 0 Å². The SMILES string of the molecule is CCCCCC(CO)COC(c1ccccc1)(c1ccc(OC)cc1)c1ccc(OC)cc1.CCCCCC(COC(c1ccccc1)(c1ccc(OC)cc1)c1ccc(OC)cc1)CO[Si](C)(C)C(C)(C)C.COc1ccc(C(OCC(CCCCN)CO[Si](C)(C)C(C)(C)C)(c2ccccc2)c2ccc(OC)cc2)cc1. The summed E-state index contributed by atoms with van der Waals surface area (Å²) in [6, 6.07) is 80.3. The van der Waals surface area contributed by atoms with Gasteiger partial charge in [-0.1, -0.05) is 264 Å². The molecule has 0 aromatic heterocycles. The van der Waals surface area contributed by atoms with E-state index in [1.54, 1.807) is 42.7 Å². The third kappa shape index (κ3) is 25.2. The highest BCUT2D eigenvalue weighted by atomic mass is 28.4. The molecule has 0 spiro atoms. The van der Waals surface area contributed by atoms with Crippen molar-refractivity contribution < 1.29 is 56.6 Å². The van der Waals surface area contributed by atoms with E-state index in [0.29, 0.717) is 38.9 Å². The molecular weight excluding hydrogens is 1440 g/mol. The lowest BCUT2D eigenvalue weighted by atomic mass is 9.79. The molecule has 13 nitrogen and oxygen atoms in total. The van der Waals surface area contributed by atoms with E-state index in [2.05, 4.69) is 221 Å². The summed E-state index contributed by atoms with van der Waals surface area (Å²) >= 11 is 0. The quantitative estimate of drug-likeness (QED) is 0.0212. The number of hydrogen-bond acceptors (Lipinski definition) is 13. The monoisotopic (exact) mass is 1570 g/mol. The van der Waals surface area contributed by atoms with E-state index < -0.39 is 33.4 Å². The van der Waals surface area contributed by atoms with Crippen molar-refractivity contribution in [3.63, 3.8) is 0 Å². The minimum absolute atomic E-state index is 0.0798. The van der Waals surface area contributed by atoms with Gasteiger partial charge in [0.25, 0.3) is 0 Å². The van der Waals surface area contributed by atoms with Crippen molar-refractivity contribution in [3.05, 3.63) is 287 Å². The fourth-order valence-electron chi connectivity index (χ4n) is 13.6. The third-order valence-electron chi connectivity index (χ3n) is 22.9. The number of ether oxygens (including phenoxy) is 9. The predicted molar refractivity (Wildman–Crippen MR) is 470 cm³/mol. The van der Waals surface area contributed by atoms with E-state index in [4.69, 9.17) is 57.2 Å². The lowest BCUT2D eigenvalue weighted by Crippen LogP contribution is -2.43. The third-order valence-corrected chi connectivity index (χ3v) is 31.9. The Morgan fingerprint density at radius 2 is 0.504 bits per heavy atom. The van der Waals surface area contributed by atoms with E-state index in [-0.39, 0.29) is 28.5 Å². The van der Waals surface area contributed by atoms with Crippen molar-refractivity contribution >= 4 is 16.6 Å². The molecule has 3 N–H and O–H groups in total. The zero-order valence-corrected chi connectivity index (χ0v) is 73.5. The van der Waals surface area contributed by atoms with Crippen molar-refractivity contribution in [2.75, 3.05) is 88.8 Å². The molecule has 0 bridgehead atoms. The van der Waals surface area contributed by atoms with Crippen LogP contribution in [0.2, 0.25) is 36.3 Å². The van der Waals surface area contributed by atoms with Crippen LogP contribution in [0, 0.1) is 17.8 Å². The van der Waals surface area contributed by atoms with Crippen molar-refractivity contribution in [2.45, 2.75) is 179 Å². The highest BCUT2D eigenvalue weighted by molar-refractivity contribution is 6.74. The molecule has 3 atom stereocenters. The molecule has 0 aliphatic rings. The summed E-state index contributed by atoms with van der Waals surface area (Å²) in [6.07, 6.45) is 12.1.